The minimum Gasteiger partial charge on any atom is -0.482 e. The predicted octanol–water partition coefficient (Wildman–Crippen LogP) is 1.25. The van der Waals surface area contributed by atoms with E-state index in [0.29, 0.717) is 5.82 Å². The number of benzene rings is 1. The highest BCUT2D eigenvalue weighted by Crippen LogP contribution is 2.19. The Balaban J connectivity index is 2.06. The van der Waals surface area contributed by atoms with E-state index in [1.54, 1.807) is 0 Å². The van der Waals surface area contributed by atoms with Crippen molar-refractivity contribution in [2.24, 2.45) is 5.73 Å². The molecule has 1 heterocycles. The lowest BCUT2D eigenvalue weighted by Crippen LogP contribution is -2.24. The first-order valence-corrected chi connectivity index (χ1v) is 6.29. The van der Waals surface area contributed by atoms with Gasteiger partial charge in [-0.3, -0.25) is 4.79 Å². The summed E-state index contributed by atoms with van der Waals surface area (Å²) in [7, 11) is 0. The number of ether oxygens (including phenoxy) is 1. The van der Waals surface area contributed by atoms with Gasteiger partial charge in [-0.05, 0) is 44.2 Å². The average molecular weight is 293 g/mol. The van der Waals surface area contributed by atoms with E-state index >= 15 is 0 Å². The van der Waals surface area contributed by atoms with Gasteiger partial charge in [0.25, 0.3) is 0 Å². The van der Waals surface area contributed by atoms with Crippen LogP contribution in [0.5, 0.6) is 5.75 Å². The van der Waals surface area contributed by atoms with E-state index in [1.165, 1.54) is 16.9 Å². The minimum absolute atomic E-state index is 0.00731. The number of amides is 1. The van der Waals surface area contributed by atoms with Crippen LogP contribution in [0.4, 0.5) is 4.39 Å². The Morgan fingerprint density at radius 1 is 1.43 bits per heavy atom. The molecule has 0 aliphatic rings. The van der Waals surface area contributed by atoms with Crippen molar-refractivity contribution in [3.63, 3.8) is 0 Å². The van der Waals surface area contributed by atoms with Crippen LogP contribution in [0.25, 0.3) is 0 Å². The van der Waals surface area contributed by atoms with E-state index in [0.717, 1.165) is 6.07 Å². The molecule has 0 aliphatic carbocycles. The zero-order chi connectivity index (χ0) is 15.6. The van der Waals surface area contributed by atoms with E-state index in [2.05, 4.69) is 15.4 Å². The van der Waals surface area contributed by atoms with E-state index in [1.807, 2.05) is 20.8 Å². The molecule has 0 atom stereocenters. The zero-order valence-electron chi connectivity index (χ0n) is 12.0. The topological polar surface area (TPSA) is 95.9 Å². The van der Waals surface area contributed by atoms with Crippen molar-refractivity contribution in [3.8, 4) is 5.75 Å². The molecular weight excluding hydrogens is 277 g/mol. The number of hydrogen-bond acceptors (Lipinski definition) is 5. The molecule has 0 fully saturated rings. The van der Waals surface area contributed by atoms with E-state index in [4.69, 9.17) is 10.5 Å². The molecule has 0 spiro atoms. The van der Waals surface area contributed by atoms with Gasteiger partial charge in [-0.1, -0.05) is 0 Å². The zero-order valence-corrected chi connectivity index (χ0v) is 12.0. The summed E-state index contributed by atoms with van der Waals surface area (Å²) in [6.45, 7) is 5.77. The van der Waals surface area contributed by atoms with Crippen LogP contribution in [-0.4, -0.2) is 26.1 Å². The SMILES string of the molecule is CC(C)(C)n1nnc(COc2ccc(C(N)=O)cc2F)n1. The second kappa shape index (κ2) is 5.47. The molecule has 2 aromatic rings. The van der Waals surface area contributed by atoms with Gasteiger partial charge in [0.2, 0.25) is 11.7 Å². The minimum atomic E-state index is -0.699. The van der Waals surface area contributed by atoms with Gasteiger partial charge in [-0.2, -0.15) is 4.80 Å². The molecular formula is C13H16FN5O2. The monoisotopic (exact) mass is 293 g/mol. The first-order chi connectivity index (χ1) is 9.77. The number of rotatable bonds is 4. The largest absolute Gasteiger partial charge is 0.482 e. The van der Waals surface area contributed by atoms with Crippen LogP contribution in [0.15, 0.2) is 18.2 Å². The third-order valence-corrected chi connectivity index (χ3v) is 2.63. The van der Waals surface area contributed by atoms with Crippen molar-refractivity contribution >= 4 is 5.91 Å². The third kappa shape index (κ3) is 3.53. The van der Waals surface area contributed by atoms with Crippen LogP contribution >= 0.6 is 0 Å². The number of nitrogens with zero attached hydrogens (tertiary/aromatic N) is 4. The van der Waals surface area contributed by atoms with E-state index in [9.17, 15) is 9.18 Å². The summed E-state index contributed by atoms with van der Waals surface area (Å²) >= 11 is 0. The highest BCUT2D eigenvalue weighted by atomic mass is 19.1. The van der Waals surface area contributed by atoms with E-state index in [-0.39, 0.29) is 23.5 Å². The Kier molecular flexibility index (Phi) is 3.88. The molecule has 1 aromatic heterocycles. The number of halogens is 1. The number of hydrogen-bond donors (Lipinski definition) is 1. The molecule has 21 heavy (non-hydrogen) atoms. The molecule has 2 N–H and O–H groups in total. The summed E-state index contributed by atoms with van der Waals surface area (Å²) in [6, 6.07) is 3.75. The highest BCUT2D eigenvalue weighted by Gasteiger charge is 2.17. The second-order valence-corrected chi connectivity index (χ2v) is 5.46. The lowest BCUT2D eigenvalue weighted by molar-refractivity contribution is 0.0999. The van der Waals surface area contributed by atoms with Crippen LogP contribution in [0.1, 0.15) is 37.0 Å². The molecule has 0 radical (unpaired) electrons. The molecule has 2 rings (SSSR count). The molecule has 7 nitrogen and oxygen atoms in total. The summed E-state index contributed by atoms with van der Waals surface area (Å²) in [6.07, 6.45) is 0. The Morgan fingerprint density at radius 3 is 2.67 bits per heavy atom. The van der Waals surface area contributed by atoms with Crippen molar-refractivity contribution in [1.29, 1.82) is 0 Å². The summed E-state index contributed by atoms with van der Waals surface area (Å²) < 4.78 is 19.0. The molecule has 112 valence electrons. The average Bonchev–Trinajstić information content (AvgIpc) is 2.85. The van der Waals surface area contributed by atoms with Crippen LogP contribution in [-0.2, 0) is 12.1 Å². The third-order valence-electron chi connectivity index (χ3n) is 2.63. The number of aromatic nitrogens is 4. The second-order valence-electron chi connectivity index (χ2n) is 5.46. The van der Waals surface area contributed by atoms with Crippen molar-refractivity contribution in [3.05, 3.63) is 35.4 Å². The molecule has 0 saturated heterocycles. The number of nitrogens with two attached hydrogens (primary N) is 1. The van der Waals surface area contributed by atoms with Crippen LogP contribution < -0.4 is 10.5 Å². The number of carbonyl (C=O) groups excluding carboxylic acids is 1. The van der Waals surface area contributed by atoms with Gasteiger partial charge < -0.3 is 10.5 Å². The maximum absolute atomic E-state index is 13.7. The van der Waals surface area contributed by atoms with E-state index < -0.39 is 11.7 Å². The number of tetrazole rings is 1. The Morgan fingerprint density at radius 2 is 2.14 bits per heavy atom. The standard InChI is InChI=1S/C13H16FN5O2/c1-13(2,3)19-17-11(16-18-19)7-21-10-5-4-8(12(15)20)6-9(10)14/h4-6H,7H2,1-3H3,(H2,15,20). The van der Waals surface area contributed by atoms with Gasteiger partial charge in [0, 0.05) is 5.56 Å². The fraction of sp³-hybridized carbons (Fsp3) is 0.385. The molecule has 1 aromatic carbocycles. The quantitative estimate of drug-likeness (QED) is 0.915. The maximum atomic E-state index is 13.7. The van der Waals surface area contributed by atoms with Gasteiger partial charge >= 0.3 is 0 Å². The molecule has 0 unspecified atom stereocenters. The summed E-state index contributed by atoms with van der Waals surface area (Å²) in [4.78, 5) is 12.4. The molecule has 1 amide bonds. The Hall–Kier alpha value is -2.51. The molecule has 8 heteroatoms. The lowest BCUT2D eigenvalue weighted by atomic mass is 10.1. The van der Waals surface area contributed by atoms with Gasteiger partial charge in [-0.15, -0.1) is 10.2 Å². The maximum Gasteiger partial charge on any atom is 0.248 e. The lowest BCUT2D eigenvalue weighted by Gasteiger charge is -2.15. The highest BCUT2D eigenvalue weighted by molar-refractivity contribution is 5.92. The normalized spacial score (nSPS) is 11.4. The predicted molar refractivity (Wildman–Crippen MR) is 72.1 cm³/mol. The molecule has 0 bridgehead atoms. The van der Waals surface area contributed by atoms with Crippen LogP contribution in [0.2, 0.25) is 0 Å². The number of primary amides is 1. The summed E-state index contributed by atoms with van der Waals surface area (Å²) in [5, 5.41) is 11.9. The molecule has 0 saturated carbocycles. The van der Waals surface area contributed by atoms with Crippen molar-refractivity contribution in [2.45, 2.75) is 32.9 Å². The Labute approximate surface area is 120 Å². The van der Waals surface area contributed by atoms with Gasteiger partial charge in [0.15, 0.2) is 18.2 Å². The van der Waals surface area contributed by atoms with Crippen molar-refractivity contribution in [1.82, 2.24) is 20.2 Å². The van der Waals surface area contributed by atoms with Gasteiger partial charge in [0.1, 0.15) is 0 Å². The van der Waals surface area contributed by atoms with Crippen LogP contribution in [0.3, 0.4) is 0 Å². The van der Waals surface area contributed by atoms with Gasteiger partial charge in [-0.25, -0.2) is 4.39 Å². The van der Waals surface area contributed by atoms with Crippen LogP contribution in [0, 0.1) is 5.82 Å². The first-order valence-electron chi connectivity index (χ1n) is 6.29. The fourth-order valence-electron chi connectivity index (χ4n) is 1.50. The van der Waals surface area contributed by atoms with Crippen molar-refractivity contribution in [2.75, 3.05) is 0 Å². The van der Waals surface area contributed by atoms with Gasteiger partial charge in [0.05, 0.1) is 5.54 Å². The summed E-state index contributed by atoms with van der Waals surface area (Å²) in [5.74, 6) is -1.04. The smallest absolute Gasteiger partial charge is 0.248 e. The Bertz CT molecular complexity index is 663. The van der Waals surface area contributed by atoms with Crippen molar-refractivity contribution < 1.29 is 13.9 Å². The first kappa shape index (κ1) is 14.9. The fourth-order valence-corrected chi connectivity index (χ4v) is 1.50. The number of carbonyl (C=O) groups is 1. The summed E-state index contributed by atoms with van der Waals surface area (Å²) in [5.41, 5.74) is 4.85. The molecule has 0 aliphatic heterocycles.